The van der Waals surface area contributed by atoms with Crippen molar-refractivity contribution in [3.63, 3.8) is 0 Å². The van der Waals surface area contributed by atoms with Crippen molar-refractivity contribution in [1.29, 1.82) is 0 Å². The summed E-state index contributed by atoms with van der Waals surface area (Å²) in [5, 5.41) is 0. The SMILES string of the molecule is CCCc1ccc(C=Cc2ccc(OC3CCCCO3)cc2)cc1. The number of rotatable bonds is 6. The van der Waals surface area contributed by atoms with E-state index in [1.165, 1.54) is 29.5 Å². The first kappa shape index (κ1) is 16.8. The number of hydrogen-bond donors (Lipinski definition) is 0. The summed E-state index contributed by atoms with van der Waals surface area (Å²) in [6.45, 7) is 3.02. The zero-order chi connectivity index (χ0) is 16.6. The van der Waals surface area contributed by atoms with Crippen LogP contribution in [0.5, 0.6) is 5.75 Å². The smallest absolute Gasteiger partial charge is 0.199 e. The second-order valence-electron chi connectivity index (χ2n) is 6.31. The molecule has 0 radical (unpaired) electrons. The zero-order valence-electron chi connectivity index (χ0n) is 14.4. The third kappa shape index (κ3) is 4.97. The summed E-state index contributed by atoms with van der Waals surface area (Å²) in [4.78, 5) is 0. The molecule has 2 heteroatoms. The predicted octanol–water partition coefficient (Wildman–Crippen LogP) is 5.71. The van der Waals surface area contributed by atoms with Gasteiger partial charge in [-0.25, -0.2) is 0 Å². The molecule has 0 aliphatic carbocycles. The van der Waals surface area contributed by atoms with Gasteiger partial charge in [-0.3, -0.25) is 0 Å². The molecule has 1 aliphatic heterocycles. The normalized spacial score (nSPS) is 18.0. The Labute approximate surface area is 145 Å². The summed E-state index contributed by atoms with van der Waals surface area (Å²) in [6.07, 6.45) is 9.85. The number of aryl methyl sites for hydroxylation is 1. The summed E-state index contributed by atoms with van der Waals surface area (Å²) in [5.74, 6) is 0.878. The molecule has 2 aromatic carbocycles. The van der Waals surface area contributed by atoms with Crippen molar-refractivity contribution in [3.05, 3.63) is 65.2 Å². The Morgan fingerprint density at radius 1 is 0.958 bits per heavy atom. The predicted molar refractivity (Wildman–Crippen MR) is 100 cm³/mol. The lowest BCUT2D eigenvalue weighted by Crippen LogP contribution is -2.24. The minimum absolute atomic E-state index is 0.0817. The van der Waals surface area contributed by atoms with Gasteiger partial charge in [0, 0.05) is 6.42 Å². The number of hydrogen-bond acceptors (Lipinski definition) is 2. The lowest BCUT2D eigenvalue weighted by Gasteiger charge is -2.23. The topological polar surface area (TPSA) is 18.5 Å². The van der Waals surface area contributed by atoms with Gasteiger partial charge in [0.25, 0.3) is 0 Å². The van der Waals surface area contributed by atoms with Crippen LogP contribution < -0.4 is 4.74 Å². The monoisotopic (exact) mass is 322 g/mol. The van der Waals surface area contributed by atoms with Crippen molar-refractivity contribution < 1.29 is 9.47 Å². The number of benzene rings is 2. The molecule has 1 heterocycles. The second-order valence-corrected chi connectivity index (χ2v) is 6.31. The molecule has 1 atom stereocenters. The van der Waals surface area contributed by atoms with Crippen LogP contribution >= 0.6 is 0 Å². The Bertz CT molecular complexity index is 635. The first-order valence-electron chi connectivity index (χ1n) is 8.99. The van der Waals surface area contributed by atoms with Crippen molar-refractivity contribution in [1.82, 2.24) is 0 Å². The van der Waals surface area contributed by atoms with Crippen LogP contribution in [0.1, 0.15) is 49.3 Å². The fourth-order valence-electron chi connectivity index (χ4n) is 2.89. The highest BCUT2D eigenvalue weighted by Gasteiger charge is 2.14. The lowest BCUT2D eigenvalue weighted by atomic mass is 10.1. The van der Waals surface area contributed by atoms with Gasteiger partial charge < -0.3 is 9.47 Å². The average Bonchev–Trinajstić information content (AvgIpc) is 2.63. The molecule has 0 saturated carbocycles. The molecule has 0 N–H and O–H groups in total. The highest BCUT2D eigenvalue weighted by atomic mass is 16.7. The van der Waals surface area contributed by atoms with Gasteiger partial charge in [-0.1, -0.05) is 61.9 Å². The lowest BCUT2D eigenvalue weighted by molar-refractivity contribution is -0.105. The molecule has 24 heavy (non-hydrogen) atoms. The molecule has 1 aliphatic rings. The van der Waals surface area contributed by atoms with Gasteiger partial charge in [-0.2, -0.15) is 0 Å². The van der Waals surface area contributed by atoms with E-state index in [4.69, 9.17) is 9.47 Å². The maximum absolute atomic E-state index is 5.86. The molecule has 2 nitrogen and oxygen atoms in total. The fourth-order valence-corrected chi connectivity index (χ4v) is 2.89. The minimum atomic E-state index is -0.0817. The molecule has 1 fully saturated rings. The van der Waals surface area contributed by atoms with E-state index in [1.54, 1.807) is 0 Å². The van der Waals surface area contributed by atoms with Gasteiger partial charge in [-0.15, -0.1) is 0 Å². The Morgan fingerprint density at radius 2 is 1.62 bits per heavy atom. The first-order chi connectivity index (χ1) is 11.8. The molecule has 3 rings (SSSR count). The van der Waals surface area contributed by atoms with E-state index >= 15 is 0 Å². The highest BCUT2D eigenvalue weighted by Crippen LogP contribution is 2.20. The van der Waals surface area contributed by atoms with Crippen molar-refractivity contribution in [2.24, 2.45) is 0 Å². The van der Waals surface area contributed by atoms with E-state index in [-0.39, 0.29) is 6.29 Å². The molecule has 2 aromatic rings. The second kappa shape index (κ2) is 8.70. The standard InChI is InChI=1S/C22H26O2/c1-2-5-18-7-9-19(10-8-18)11-12-20-13-15-21(16-14-20)24-22-6-3-4-17-23-22/h7-16,22H,2-6,17H2,1H3. The Kier molecular flexibility index (Phi) is 6.08. The van der Waals surface area contributed by atoms with Gasteiger partial charge in [0.2, 0.25) is 0 Å². The molecule has 126 valence electrons. The third-order valence-electron chi connectivity index (χ3n) is 4.27. The van der Waals surface area contributed by atoms with Crippen LogP contribution in [-0.2, 0) is 11.2 Å². The summed E-state index contributed by atoms with van der Waals surface area (Å²) in [5.41, 5.74) is 3.80. The summed E-state index contributed by atoms with van der Waals surface area (Å²) < 4.78 is 11.5. The largest absolute Gasteiger partial charge is 0.465 e. The van der Waals surface area contributed by atoms with Gasteiger partial charge >= 0.3 is 0 Å². The van der Waals surface area contributed by atoms with Gasteiger partial charge in [0.1, 0.15) is 5.75 Å². The third-order valence-corrected chi connectivity index (χ3v) is 4.27. The van der Waals surface area contributed by atoms with Crippen LogP contribution in [-0.4, -0.2) is 12.9 Å². The van der Waals surface area contributed by atoms with E-state index < -0.39 is 0 Å². The molecule has 0 spiro atoms. The molecule has 1 saturated heterocycles. The molecule has 0 bridgehead atoms. The Balaban J connectivity index is 1.56. The van der Waals surface area contributed by atoms with E-state index in [0.29, 0.717) is 0 Å². The maximum atomic E-state index is 5.86. The molecule has 1 unspecified atom stereocenters. The summed E-state index contributed by atoms with van der Waals surface area (Å²) >= 11 is 0. The Morgan fingerprint density at radius 3 is 2.21 bits per heavy atom. The van der Waals surface area contributed by atoms with E-state index in [1.807, 2.05) is 12.1 Å². The number of ether oxygens (including phenoxy) is 2. The van der Waals surface area contributed by atoms with Crippen LogP contribution in [0.15, 0.2) is 48.5 Å². The molecular formula is C22H26O2. The van der Waals surface area contributed by atoms with Gasteiger partial charge in [0.15, 0.2) is 6.29 Å². The van der Waals surface area contributed by atoms with Gasteiger partial charge in [0.05, 0.1) is 6.61 Å². The highest BCUT2D eigenvalue weighted by molar-refractivity contribution is 5.69. The summed E-state index contributed by atoms with van der Waals surface area (Å²) in [6, 6.07) is 17.0. The first-order valence-corrected chi connectivity index (χ1v) is 8.99. The van der Waals surface area contributed by atoms with Crippen LogP contribution in [0.2, 0.25) is 0 Å². The van der Waals surface area contributed by atoms with Crippen molar-refractivity contribution in [2.45, 2.75) is 45.3 Å². The quantitative estimate of drug-likeness (QED) is 0.634. The fraction of sp³-hybridized carbons (Fsp3) is 0.364. The zero-order valence-corrected chi connectivity index (χ0v) is 14.4. The molecule has 0 amide bonds. The van der Waals surface area contributed by atoms with Crippen LogP contribution in [0.25, 0.3) is 12.2 Å². The average molecular weight is 322 g/mol. The van der Waals surface area contributed by atoms with Crippen LogP contribution in [0.4, 0.5) is 0 Å². The van der Waals surface area contributed by atoms with Crippen molar-refractivity contribution >= 4 is 12.2 Å². The Hall–Kier alpha value is -2.06. The van der Waals surface area contributed by atoms with E-state index in [9.17, 15) is 0 Å². The van der Waals surface area contributed by atoms with Crippen LogP contribution in [0, 0.1) is 0 Å². The minimum Gasteiger partial charge on any atom is -0.465 e. The van der Waals surface area contributed by atoms with Gasteiger partial charge in [-0.05, 0) is 48.1 Å². The van der Waals surface area contributed by atoms with E-state index in [0.717, 1.165) is 31.6 Å². The maximum Gasteiger partial charge on any atom is 0.199 e. The van der Waals surface area contributed by atoms with E-state index in [2.05, 4.69) is 55.5 Å². The van der Waals surface area contributed by atoms with Crippen LogP contribution in [0.3, 0.4) is 0 Å². The molecule has 0 aromatic heterocycles. The molecular weight excluding hydrogens is 296 g/mol. The summed E-state index contributed by atoms with van der Waals surface area (Å²) in [7, 11) is 0. The van der Waals surface area contributed by atoms with Crippen molar-refractivity contribution in [3.8, 4) is 5.75 Å². The van der Waals surface area contributed by atoms with Crippen molar-refractivity contribution in [2.75, 3.05) is 6.61 Å².